The minimum atomic E-state index is -0.331. The Morgan fingerprint density at radius 1 is 1.44 bits per heavy atom. The van der Waals surface area contributed by atoms with Crippen molar-refractivity contribution in [1.29, 1.82) is 0 Å². The predicted molar refractivity (Wildman–Crippen MR) is 64.2 cm³/mol. The number of carbonyl (C=O) groups excluding carboxylic acids is 1. The summed E-state index contributed by atoms with van der Waals surface area (Å²) in [5.74, 6) is -0.535. The van der Waals surface area contributed by atoms with Crippen molar-refractivity contribution in [2.75, 3.05) is 17.3 Å². The van der Waals surface area contributed by atoms with E-state index in [-0.39, 0.29) is 17.8 Å². The zero-order valence-corrected chi connectivity index (χ0v) is 10.0. The Labute approximate surface area is 95.3 Å². The van der Waals surface area contributed by atoms with E-state index in [1.165, 1.54) is 13.0 Å². The van der Waals surface area contributed by atoms with Gasteiger partial charge >= 0.3 is 0 Å². The highest BCUT2D eigenvalue weighted by Crippen LogP contribution is 2.23. The molecule has 4 heteroatoms. The van der Waals surface area contributed by atoms with Crippen LogP contribution in [0.1, 0.15) is 20.8 Å². The van der Waals surface area contributed by atoms with Crippen LogP contribution in [0.2, 0.25) is 0 Å². The number of anilines is 2. The molecule has 0 aromatic heterocycles. The Morgan fingerprint density at radius 2 is 2.06 bits per heavy atom. The summed E-state index contributed by atoms with van der Waals surface area (Å²) < 4.78 is 13.7. The van der Waals surface area contributed by atoms with Crippen LogP contribution >= 0.6 is 0 Å². The number of rotatable bonds is 3. The maximum absolute atomic E-state index is 13.7. The second-order valence-electron chi connectivity index (χ2n) is 4.05. The lowest BCUT2D eigenvalue weighted by molar-refractivity contribution is -0.114. The van der Waals surface area contributed by atoms with E-state index in [1.807, 2.05) is 25.8 Å². The summed E-state index contributed by atoms with van der Waals surface area (Å²) in [6, 6.07) is 4.91. The average molecular weight is 224 g/mol. The van der Waals surface area contributed by atoms with Gasteiger partial charge in [0.2, 0.25) is 5.91 Å². The molecule has 1 rings (SSSR count). The quantitative estimate of drug-likeness (QED) is 0.856. The first-order valence-electron chi connectivity index (χ1n) is 5.21. The lowest BCUT2D eigenvalue weighted by Gasteiger charge is -2.24. The van der Waals surface area contributed by atoms with Crippen molar-refractivity contribution in [2.45, 2.75) is 26.8 Å². The topological polar surface area (TPSA) is 32.3 Å². The molecule has 16 heavy (non-hydrogen) atoms. The minimum absolute atomic E-state index is 0.204. The first-order valence-corrected chi connectivity index (χ1v) is 5.21. The highest BCUT2D eigenvalue weighted by Gasteiger charge is 2.11. The fourth-order valence-corrected chi connectivity index (χ4v) is 1.35. The Bertz CT molecular complexity index is 391. The monoisotopic (exact) mass is 224 g/mol. The van der Waals surface area contributed by atoms with E-state index in [0.717, 1.165) is 0 Å². The molecule has 0 bridgehead atoms. The minimum Gasteiger partial charge on any atom is -0.370 e. The van der Waals surface area contributed by atoms with Gasteiger partial charge in [0.25, 0.3) is 0 Å². The van der Waals surface area contributed by atoms with Gasteiger partial charge in [-0.25, -0.2) is 4.39 Å². The maximum Gasteiger partial charge on any atom is 0.221 e. The lowest BCUT2D eigenvalue weighted by Crippen LogP contribution is -2.26. The highest BCUT2D eigenvalue weighted by molar-refractivity contribution is 5.88. The van der Waals surface area contributed by atoms with Crippen LogP contribution in [-0.4, -0.2) is 19.0 Å². The summed E-state index contributed by atoms with van der Waals surface area (Å²) in [6.07, 6.45) is 0. The van der Waals surface area contributed by atoms with Crippen molar-refractivity contribution >= 4 is 17.3 Å². The number of nitrogens with one attached hydrogen (secondary N) is 1. The van der Waals surface area contributed by atoms with E-state index in [0.29, 0.717) is 11.4 Å². The van der Waals surface area contributed by atoms with Gasteiger partial charge in [-0.1, -0.05) is 0 Å². The fraction of sp³-hybridized carbons (Fsp3) is 0.417. The molecule has 0 unspecified atom stereocenters. The fourth-order valence-electron chi connectivity index (χ4n) is 1.35. The first kappa shape index (κ1) is 12.5. The van der Waals surface area contributed by atoms with E-state index < -0.39 is 0 Å². The van der Waals surface area contributed by atoms with Crippen LogP contribution in [0.3, 0.4) is 0 Å². The van der Waals surface area contributed by atoms with Crippen LogP contribution < -0.4 is 10.2 Å². The van der Waals surface area contributed by atoms with E-state index in [4.69, 9.17) is 0 Å². The van der Waals surface area contributed by atoms with Crippen molar-refractivity contribution in [3.8, 4) is 0 Å². The van der Waals surface area contributed by atoms with Gasteiger partial charge in [0, 0.05) is 25.7 Å². The third-order valence-electron chi connectivity index (χ3n) is 2.42. The van der Waals surface area contributed by atoms with Gasteiger partial charge in [-0.05, 0) is 32.0 Å². The Morgan fingerprint density at radius 3 is 2.50 bits per heavy atom. The number of amides is 1. The number of benzene rings is 1. The molecule has 0 aliphatic carbocycles. The second-order valence-corrected chi connectivity index (χ2v) is 4.05. The van der Waals surface area contributed by atoms with Crippen molar-refractivity contribution in [3.63, 3.8) is 0 Å². The molecule has 0 saturated carbocycles. The molecule has 0 atom stereocenters. The summed E-state index contributed by atoms with van der Waals surface area (Å²) in [4.78, 5) is 12.6. The smallest absolute Gasteiger partial charge is 0.221 e. The van der Waals surface area contributed by atoms with Gasteiger partial charge in [-0.2, -0.15) is 0 Å². The van der Waals surface area contributed by atoms with Crippen LogP contribution in [0.5, 0.6) is 0 Å². The number of hydrogen-bond acceptors (Lipinski definition) is 2. The molecule has 0 heterocycles. The zero-order chi connectivity index (χ0) is 12.3. The van der Waals surface area contributed by atoms with E-state index >= 15 is 0 Å². The molecular formula is C12H17FN2O. The van der Waals surface area contributed by atoms with Crippen molar-refractivity contribution in [1.82, 2.24) is 0 Å². The summed E-state index contributed by atoms with van der Waals surface area (Å²) in [7, 11) is 1.83. The summed E-state index contributed by atoms with van der Waals surface area (Å²) >= 11 is 0. The molecule has 0 saturated heterocycles. The molecule has 1 aromatic carbocycles. The van der Waals surface area contributed by atoms with Gasteiger partial charge in [-0.15, -0.1) is 0 Å². The van der Waals surface area contributed by atoms with Gasteiger partial charge in [-0.3, -0.25) is 4.79 Å². The number of carbonyl (C=O) groups is 1. The van der Waals surface area contributed by atoms with Crippen LogP contribution in [0.25, 0.3) is 0 Å². The molecule has 1 amide bonds. The first-order chi connectivity index (χ1) is 7.41. The van der Waals surface area contributed by atoms with Gasteiger partial charge in [0.1, 0.15) is 5.82 Å². The molecular weight excluding hydrogens is 207 g/mol. The SMILES string of the molecule is CC(=O)Nc1ccc(N(C)C(C)C)c(F)c1. The normalized spacial score (nSPS) is 10.4. The van der Waals surface area contributed by atoms with Crippen LogP contribution in [0.15, 0.2) is 18.2 Å². The number of halogens is 1. The Hall–Kier alpha value is -1.58. The largest absolute Gasteiger partial charge is 0.370 e. The van der Waals surface area contributed by atoms with Gasteiger partial charge in [0.05, 0.1) is 5.69 Å². The van der Waals surface area contributed by atoms with E-state index in [2.05, 4.69) is 5.32 Å². The van der Waals surface area contributed by atoms with Crippen molar-refractivity contribution in [3.05, 3.63) is 24.0 Å². The molecule has 1 N–H and O–H groups in total. The third kappa shape index (κ3) is 2.95. The van der Waals surface area contributed by atoms with Crippen molar-refractivity contribution in [2.24, 2.45) is 0 Å². The molecule has 3 nitrogen and oxygen atoms in total. The van der Waals surface area contributed by atoms with E-state index in [1.54, 1.807) is 12.1 Å². The molecule has 88 valence electrons. The average Bonchev–Trinajstić information content (AvgIpc) is 2.15. The second kappa shape index (κ2) is 4.96. The maximum atomic E-state index is 13.7. The summed E-state index contributed by atoms with van der Waals surface area (Å²) in [6.45, 7) is 5.37. The van der Waals surface area contributed by atoms with Gasteiger partial charge in [0.15, 0.2) is 0 Å². The summed E-state index contributed by atoms with van der Waals surface area (Å²) in [5.41, 5.74) is 1.01. The number of hydrogen-bond donors (Lipinski definition) is 1. The summed E-state index contributed by atoms with van der Waals surface area (Å²) in [5, 5.41) is 2.54. The van der Waals surface area contributed by atoms with Crippen LogP contribution in [0.4, 0.5) is 15.8 Å². The van der Waals surface area contributed by atoms with Gasteiger partial charge < -0.3 is 10.2 Å². The zero-order valence-electron chi connectivity index (χ0n) is 10.0. The Kier molecular flexibility index (Phi) is 3.88. The lowest BCUT2D eigenvalue weighted by atomic mass is 10.2. The number of nitrogens with zero attached hydrogens (tertiary/aromatic N) is 1. The molecule has 0 radical (unpaired) electrons. The highest BCUT2D eigenvalue weighted by atomic mass is 19.1. The third-order valence-corrected chi connectivity index (χ3v) is 2.42. The predicted octanol–water partition coefficient (Wildman–Crippen LogP) is 2.63. The molecule has 1 aromatic rings. The molecule has 0 spiro atoms. The van der Waals surface area contributed by atoms with Crippen molar-refractivity contribution < 1.29 is 9.18 Å². The standard InChI is InChI=1S/C12H17FN2O/c1-8(2)15(4)12-6-5-10(7-11(12)13)14-9(3)16/h5-8H,1-4H3,(H,14,16). The molecule has 0 aliphatic rings. The van der Waals surface area contributed by atoms with E-state index in [9.17, 15) is 9.18 Å². The molecule has 0 aliphatic heterocycles. The Balaban J connectivity index is 2.95. The van der Waals surface area contributed by atoms with Crippen LogP contribution in [-0.2, 0) is 4.79 Å². The van der Waals surface area contributed by atoms with Crippen LogP contribution in [0, 0.1) is 5.82 Å². The molecule has 0 fully saturated rings.